The number of amides is 1. The van der Waals surface area contributed by atoms with Crippen LogP contribution in [0.25, 0.3) is 0 Å². The standard InChI is InChI=1S/C18H30N2O/c1-4-5-6-7-8-9-14-19-16-10-12-17(13-11-16)20-18(21)15(2)3/h10-13,15,19H,4-9,14H2,1-3H3,(H,20,21). The van der Waals surface area contributed by atoms with E-state index in [2.05, 4.69) is 17.6 Å². The van der Waals surface area contributed by atoms with E-state index in [1.165, 1.54) is 38.5 Å². The largest absolute Gasteiger partial charge is 0.385 e. The highest BCUT2D eigenvalue weighted by Crippen LogP contribution is 2.15. The van der Waals surface area contributed by atoms with Gasteiger partial charge in [0.1, 0.15) is 0 Å². The molecule has 0 radical (unpaired) electrons. The first kappa shape index (κ1) is 17.5. The van der Waals surface area contributed by atoms with Crippen molar-refractivity contribution in [1.29, 1.82) is 0 Å². The maximum atomic E-state index is 11.6. The minimum absolute atomic E-state index is 0.00973. The highest BCUT2D eigenvalue weighted by molar-refractivity contribution is 5.92. The van der Waals surface area contributed by atoms with Crippen LogP contribution < -0.4 is 10.6 Å². The Morgan fingerprint density at radius 2 is 1.52 bits per heavy atom. The summed E-state index contributed by atoms with van der Waals surface area (Å²) in [5.41, 5.74) is 1.98. The third-order valence-electron chi connectivity index (χ3n) is 3.54. The number of hydrogen-bond donors (Lipinski definition) is 2. The van der Waals surface area contributed by atoms with Crippen molar-refractivity contribution in [1.82, 2.24) is 0 Å². The lowest BCUT2D eigenvalue weighted by Gasteiger charge is -2.10. The van der Waals surface area contributed by atoms with Gasteiger partial charge in [-0.25, -0.2) is 0 Å². The Hall–Kier alpha value is -1.51. The summed E-state index contributed by atoms with van der Waals surface area (Å²) in [7, 11) is 0. The van der Waals surface area contributed by atoms with Crippen LogP contribution in [-0.4, -0.2) is 12.5 Å². The molecule has 2 N–H and O–H groups in total. The Morgan fingerprint density at radius 3 is 2.14 bits per heavy atom. The molecule has 21 heavy (non-hydrogen) atoms. The summed E-state index contributed by atoms with van der Waals surface area (Å²) >= 11 is 0. The zero-order valence-corrected chi connectivity index (χ0v) is 13.7. The molecule has 0 fully saturated rings. The molecule has 0 heterocycles. The number of nitrogens with one attached hydrogen (secondary N) is 2. The summed E-state index contributed by atoms with van der Waals surface area (Å²) in [6.45, 7) is 7.05. The number of carbonyl (C=O) groups is 1. The molecule has 0 atom stereocenters. The molecule has 118 valence electrons. The summed E-state index contributed by atoms with van der Waals surface area (Å²) in [5, 5.41) is 6.32. The van der Waals surface area contributed by atoms with Crippen LogP contribution in [0.1, 0.15) is 59.3 Å². The molecule has 1 amide bonds. The van der Waals surface area contributed by atoms with Crippen LogP contribution in [0.4, 0.5) is 11.4 Å². The average molecular weight is 290 g/mol. The second kappa shape index (κ2) is 10.3. The first-order valence-electron chi connectivity index (χ1n) is 8.28. The second-order valence-corrected chi connectivity index (χ2v) is 5.92. The number of hydrogen-bond acceptors (Lipinski definition) is 2. The van der Waals surface area contributed by atoms with Crippen molar-refractivity contribution in [3.63, 3.8) is 0 Å². The Kier molecular flexibility index (Phi) is 8.56. The van der Waals surface area contributed by atoms with Gasteiger partial charge in [-0.3, -0.25) is 4.79 Å². The number of rotatable bonds is 10. The Balaban J connectivity index is 2.20. The molecule has 0 bridgehead atoms. The molecule has 0 aromatic heterocycles. The monoisotopic (exact) mass is 290 g/mol. The zero-order valence-electron chi connectivity index (χ0n) is 13.7. The predicted octanol–water partition coefficient (Wildman–Crippen LogP) is 5.05. The van der Waals surface area contributed by atoms with E-state index in [0.29, 0.717) is 0 Å². The van der Waals surface area contributed by atoms with Crippen molar-refractivity contribution in [3.05, 3.63) is 24.3 Å². The molecule has 0 aliphatic heterocycles. The van der Waals surface area contributed by atoms with Gasteiger partial charge >= 0.3 is 0 Å². The lowest BCUT2D eigenvalue weighted by Crippen LogP contribution is -2.17. The Morgan fingerprint density at radius 1 is 0.952 bits per heavy atom. The topological polar surface area (TPSA) is 41.1 Å². The molecule has 3 heteroatoms. The third kappa shape index (κ3) is 7.74. The van der Waals surface area contributed by atoms with E-state index in [4.69, 9.17) is 0 Å². The third-order valence-corrected chi connectivity index (χ3v) is 3.54. The van der Waals surface area contributed by atoms with Crippen molar-refractivity contribution in [3.8, 4) is 0 Å². The molecule has 0 spiro atoms. The molecule has 0 saturated heterocycles. The highest BCUT2D eigenvalue weighted by Gasteiger charge is 2.06. The van der Waals surface area contributed by atoms with Crippen molar-refractivity contribution >= 4 is 17.3 Å². The summed E-state index contributed by atoms with van der Waals surface area (Å²) in [5.74, 6) is 0.0679. The summed E-state index contributed by atoms with van der Waals surface area (Å²) in [6, 6.07) is 7.94. The number of benzene rings is 1. The lowest BCUT2D eigenvalue weighted by atomic mass is 10.1. The van der Waals surface area contributed by atoms with Crippen LogP contribution in [0, 0.1) is 5.92 Å². The van der Waals surface area contributed by atoms with E-state index < -0.39 is 0 Å². The molecule has 1 rings (SSSR count). The van der Waals surface area contributed by atoms with Crippen LogP contribution in [0.3, 0.4) is 0 Å². The van der Waals surface area contributed by atoms with Gasteiger partial charge in [0, 0.05) is 23.8 Å². The second-order valence-electron chi connectivity index (χ2n) is 5.92. The van der Waals surface area contributed by atoms with Crippen LogP contribution >= 0.6 is 0 Å². The normalized spacial score (nSPS) is 10.7. The zero-order chi connectivity index (χ0) is 15.5. The molecular formula is C18H30N2O. The van der Waals surface area contributed by atoms with Crippen molar-refractivity contribution < 1.29 is 4.79 Å². The van der Waals surface area contributed by atoms with Gasteiger partial charge in [0.05, 0.1) is 0 Å². The van der Waals surface area contributed by atoms with Crippen molar-refractivity contribution in [2.75, 3.05) is 17.2 Å². The van der Waals surface area contributed by atoms with E-state index in [1.54, 1.807) is 0 Å². The van der Waals surface area contributed by atoms with Crippen LogP contribution in [-0.2, 0) is 4.79 Å². The van der Waals surface area contributed by atoms with Gasteiger partial charge in [-0.15, -0.1) is 0 Å². The maximum Gasteiger partial charge on any atom is 0.226 e. The van der Waals surface area contributed by atoms with Crippen LogP contribution in [0.15, 0.2) is 24.3 Å². The minimum atomic E-state index is 0.00973. The van der Waals surface area contributed by atoms with E-state index in [0.717, 1.165) is 17.9 Å². The van der Waals surface area contributed by atoms with Gasteiger partial charge in [-0.05, 0) is 30.7 Å². The van der Waals surface area contributed by atoms with Gasteiger partial charge in [0.15, 0.2) is 0 Å². The van der Waals surface area contributed by atoms with Gasteiger partial charge in [0.2, 0.25) is 5.91 Å². The smallest absolute Gasteiger partial charge is 0.226 e. The van der Waals surface area contributed by atoms with E-state index in [-0.39, 0.29) is 11.8 Å². The average Bonchev–Trinajstić information content (AvgIpc) is 2.48. The van der Waals surface area contributed by atoms with Crippen LogP contribution in [0.2, 0.25) is 0 Å². The summed E-state index contributed by atoms with van der Waals surface area (Å²) < 4.78 is 0. The highest BCUT2D eigenvalue weighted by atomic mass is 16.1. The number of carbonyl (C=O) groups excluding carboxylic acids is 1. The van der Waals surface area contributed by atoms with E-state index in [9.17, 15) is 4.79 Å². The van der Waals surface area contributed by atoms with Crippen LogP contribution in [0.5, 0.6) is 0 Å². The van der Waals surface area contributed by atoms with Gasteiger partial charge in [0.25, 0.3) is 0 Å². The molecule has 0 saturated carbocycles. The molecule has 0 aliphatic carbocycles. The van der Waals surface area contributed by atoms with Crippen molar-refractivity contribution in [2.24, 2.45) is 5.92 Å². The SMILES string of the molecule is CCCCCCCCNc1ccc(NC(=O)C(C)C)cc1. The number of anilines is 2. The Labute approximate surface area is 129 Å². The molecule has 0 aliphatic rings. The first-order valence-corrected chi connectivity index (χ1v) is 8.28. The van der Waals surface area contributed by atoms with E-state index >= 15 is 0 Å². The first-order chi connectivity index (χ1) is 10.1. The fraction of sp³-hybridized carbons (Fsp3) is 0.611. The molecule has 1 aromatic carbocycles. The predicted molar refractivity (Wildman–Crippen MR) is 91.8 cm³/mol. The summed E-state index contributed by atoms with van der Waals surface area (Å²) in [4.78, 5) is 11.6. The fourth-order valence-electron chi connectivity index (χ4n) is 2.10. The summed E-state index contributed by atoms with van der Waals surface area (Å²) in [6.07, 6.45) is 7.89. The maximum absolute atomic E-state index is 11.6. The minimum Gasteiger partial charge on any atom is -0.385 e. The number of unbranched alkanes of at least 4 members (excludes halogenated alkanes) is 5. The van der Waals surface area contributed by atoms with Gasteiger partial charge in [-0.1, -0.05) is 52.9 Å². The quantitative estimate of drug-likeness (QED) is 0.592. The molecular weight excluding hydrogens is 260 g/mol. The Bertz CT molecular complexity index is 398. The van der Waals surface area contributed by atoms with E-state index in [1.807, 2.05) is 38.1 Å². The van der Waals surface area contributed by atoms with Crippen molar-refractivity contribution in [2.45, 2.75) is 59.3 Å². The molecule has 1 aromatic rings. The lowest BCUT2D eigenvalue weighted by molar-refractivity contribution is -0.118. The van der Waals surface area contributed by atoms with Gasteiger partial charge in [-0.2, -0.15) is 0 Å². The van der Waals surface area contributed by atoms with Gasteiger partial charge < -0.3 is 10.6 Å². The molecule has 0 unspecified atom stereocenters. The fourth-order valence-corrected chi connectivity index (χ4v) is 2.10. The molecule has 3 nitrogen and oxygen atoms in total.